The fourth-order valence-corrected chi connectivity index (χ4v) is 1.87. The molecule has 0 unspecified atom stereocenters. The molecule has 0 saturated carbocycles. The first-order chi connectivity index (χ1) is 9.40. The smallest absolute Gasteiger partial charge is 0.334 e. The maximum absolute atomic E-state index is 11.7. The molecule has 0 spiro atoms. The SMILES string of the molecule is CN1C(=O)C(=O)N(Cc2ccc(CC(=O)O)cc2)C1=O. The zero-order chi connectivity index (χ0) is 14.9. The van der Waals surface area contributed by atoms with E-state index in [2.05, 4.69) is 0 Å². The number of benzene rings is 1. The molecule has 1 saturated heterocycles. The summed E-state index contributed by atoms with van der Waals surface area (Å²) in [4.78, 5) is 46.8. The number of rotatable bonds is 4. The molecule has 1 N–H and O–H groups in total. The molecule has 4 amide bonds. The Bertz CT molecular complexity index is 593. The summed E-state index contributed by atoms with van der Waals surface area (Å²) in [6.07, 6.45) is -0.0942. The number of nitrogens with zero attached hydrogens (tertiary/aromatic N) is 2. The van der Waals surface area contributed by atoms with Crippen LogP contribution in [0.5, 0.6) is 0 Å². The van der Waals surface area contributed by atoms with Crippen LogP contribution in [0.4, 0.5) is 4.79 Å². The second-order valence-corrected chi connectivity index (χ2v) is 4.43. The van der Waals surface area contributed by atoms with Crippen molar-refractivity contribution >= 4 is 23.8 Å². The van der Waals surface area contributed by atoms with E-state index < -0.39 is 23.8 Å². The lowest BCUT2D eigenvalue weighted by molar-refractivity contribution is -0.143. The molecule has 7 nitrogen and oxygen atoms in total. The van der Waals surface area contributed by atoms with Crippen LogP contribution < -0.4 is 0 Å². The molecule has 0 radical (unpaired) electrons. The first kappa shape index (κ1) is 13.7. The largest absolute Gasteiger partial charge is 0.481 e. The minimum absolute atomic E-state index is 0.0128. The highest BCUT2D eigenvalue weighted by Crippen LogP contribution is 2.15. The minimum atomic E-state index is -0.935. The standard InChI is InChI=1S/C13H12N2O5/c1-14-11(18)12(19)15(13(14)20)7-9-4-2-8(3-5-9)6-10(16)17/h2-5H,6-7H2,1H3,(H,16,17). The van der Waals surface area contributed by atoms with E-state index in [1.165, 1.54) is 7.05 Å². The summed E-state index contributed by atoms with van der Waals surface area (Å²) in [5.74, 6) is -2.64. The number of carboxylic acid groups (broad SMARTS) is 1. The Balaban J connectivity index is 2.11. The maximum Gasteiger partial charge on any atom is 0.334 e. The molecule has 0 bridgehead atoms. The van der Waals surface area contributed by atoms with E-state index in [0.29, 0.717) is 11.1 Å². The van der Waals surface area contributed by atoms with Gasteiger partial charge in [-0.3, -0.25) is 24.2 Å². The van der Waals surface area contributed by atoms with Gasteiger partial charge in [-0.05, 0) is 11.1 Å². The maximum atomic E-state index is 11.7. The van der Waals surface area contributed by atoms with E-state index in [1.807, 2.05) is 0 Å². The number of aliphatic carboxylic acids is 1. The van der Waals surface area contributed by atoms with E-state index in [4.69, 9.17) is 5.11 Å². The van der Waals surface area contributed by atoms with Crippen LogP contribution in [-0.4, -0.2) is 45.8 Å². The van der Waals surface area contributed by atoms with E-state index in [1.54, 1.807) is 24.3 Å². The van der Waals surface area contributed by atoms with Gasteiger partial charge in [0.15, 0.2) is 0 Å². The molecule has 20 heavy (non-hydrogen) atoms. The average Bonchev–Trinajstić information content (AvgIpc) is 2.58. The van der Waals surface area contributed by atoms with Gasteiger partial charge in [-0.2, -0.15) is 0 Å². The summed E-state index contributed by atoms with van der Waals surface area (Å²) < 4.78 is 0. The number of carboxylic acids is 1. The minimum Gasteiger partial charge on any atom is -0.481 e. The molecule has 0 aliphatic carbocycles. The molecule has 0 atom stereocenters. The monoisotopic (exact) mass is 276 g/mol. The quantitative estimate of drug-likeness (QED) is 0.627. The Morgan fingerprint density at radius 1 is 1.05 bits per heavy atom. The highest BCUT2D eigenvalue weighted by molar-refractivity contribution is 6.44. The molecular weight excluding hydrogens is 264 g/mol. The van der Waals surface area contributed by atoms with Gasteiger partial charge in [0.05, 0.1) is 13.0 Å². The van der Waals surface area contributed by atoms with Crippen molar-refractivity contribution in [2.24, 2.45) is 0 Å². The highest BCUT2D eigenvalue weighted by atomic mass is 16.4. The van der Waals surface area contributed by atoms with Gasteiger partial charge >= 0.3 is 23.8 Å². The number of hydrogen-bond acceptors (Lipinski definition) is 4. The van der Waals surface area contributed by atoms with E-state index in [0.717, 1.165) is 9.80 Å². The Kier molecular flexibility index (Phi) is 3.51. The molecule has 1 heterocycles. The van der Waals surface area contributed by atoms with E-state index in [9.17, 15) is 19.2 Å². The van der Waals surface area contributed by atoms with Gasteiger partial charge in [-0.15, -0.1) is 0 Å². The van der Waals surface area contributed by atoms with Crippen molar-refractivity contribution in [3.8, 4) is 0 Å². The number of amides is 4. The van der Waals surface area contributed by atoms with Crippen LogP contribution >= 0.6 is 0 Å². The summed E-state index contributed by atoms with van der Waals surface area (Å²) >= 11 is 0. The van der Waals surface area contributed by atoms with Gasteiger partial charge < -0.3 is 5.11 Å². The second kappa shape index (κ2) is 5.12. The van der Waals surface area contributed by atoms with Crippen molar-refractivity contribution in [3.05, 3.63) is 35.4 Å². The molecule has 0 aromatic heterocycles. The molecule has 1 aromatic rings. The van der Waals surface area contributed by atoms with Gasteiger partial charge in [0.25, 0.3) is 0 Å². The Labute approximate surface area is 114 Å². The topological polar surface area (TPSA) is 95.0 Å². The van der Waals surface area contributed by atoms with Crippen LogP contribution in [-0.2, 0) is 27.3 Å². The third kappa shape index (κ3) is 2.51. The lowest BCUT2D eigenvalue weighted by Crippen LogP contribution is -2.31. The normalized spacial score (nSPS) is 15.2. The number of urea groups is 1. The molecular formula is C13H12N2O5. The van der Waals surface area contributed by atoms with Crippen LogP contribution in [0.1, 0.15) is 11.1 Å². The fraction of sp³-hybridized carbons (Fsp3) is 0.231. The van der Waals surface area contributed by atoms with Gasteiger partial charge in [0.2, 0.25) is 0 Å². The first-order valence-corrected chi connectivity index (χ1v) is 5.83. The number of carbonyl (C=O) groups is 4. The van der Waals surface area contributed by atoms with Crippen LogP contribution in [0.3, 0.4) is 0 Å². The van der Waals surface area contributed by atoms with Crippen molar-refractivity contribution < 1.29 is 24.3 Å². The number of likely N-dealkylation sites (N-methyl/N-ethyl adjacent to an activating group) is 1. The van der Waals surface area contributed by atoms with Crippen molar-refractivity contribution in [1.82, 2.24) is 9.80 Å². The third-order valence-corrected chi connectivity index (χ3v) is 2.97. The summed E-state index contributed by atoms with van der Waals surface area (Å²) in [5, 5.41) is 8.65. The van der Waals surface area contributed by atoms with Crippen molar-refractivity contribution in [1.29, 1.82) is 0 Å². The molecule has 104 valence electrons. The highest BCUT2D eigenvalue weighted by Gasteiger charge is 2.41. The lowest BCUT2D eigenvalue weighted by Gasteiger charge is -2.13. The predicted octanol–water partition coefficient (Wildman–Crippen LogP) is 0.234. The van der Waals surface area contributed by atoms with E-state index >= 15 is 0 Å². The van der Waals surface area contributed by atoms with Crippen molar-refractivity contribution in [2.75, 3.05) is 7.05 Å². The zero-order valence-electron chi connectivity index (χ0n) is 10.7. The summed E-state index contributed by atoms with van der Waals surface area (Å²) in [5.41, 5.74) is 1.26. The first-order valence-electron chi connectivity index (χ1n) is 5.83. The number of imide groups is 2. The Hall–Kier alpha value is -2.70. The molecule has 1 aromatic carbocycles. The molecule has 1 aliphatic rings. The summed E-state index contributed by atoms with van der Waals surface area (Å²) in [7, 11) is 1.25. The van der Waals surface area contributed by atoms with Crippen LogP contribution in [0, 0.1) is 0 Å². The zero-order valence-corrected chi connectivity index (χ0v) is 10.7. The Morgan fingerprint density at radius 3 is 2.05 bits per heavy atom. The Morgan fingerprint density at radius 2 is 1.60 bits per heavy atom. The third-order valence-electron chi connectivity index (χ3n) is 2.97. The van der Waals surface area contributed by atoms with Gasteiger partial charge in [0, 0.05) is 7.05 Å². The fourth-order valence-electron chi connectivity index (χ4n) is 1.87. The lowest BCUT2D eigenvalue weighted by atomic mass is 10.1. The number of carbonyl (C=O) groups excluding carboxylic acids is 3. The van der Waals surface area contributed by atoms with E-state index in [-0.39, 0.29) is 13.0 Å². The van der Waals surface area contributed by atoms with Crippen LogP contribution in [0.2, 0.25) is 0 Å². The van der Waals surface area contributed by atoms with Gasteiger partial charge in [0.1, 0.15) is 0 Å². The predicted molar refractivity (Wildman–Crippen MR) is 66.5 cm³/mol. The van der Waals surface area contributed by atoms with Crippen LogP contribution in [0.25, 0.3) is 0 Å². The molecule has 1 aliphatic heterocycles. The average molecular weight is 276 g/mol. The summed E-state index contributed by atoms with van der Waals surface area (Å²) in [6, 6.07) is 5.82. The molecule has 1 fully saturated rings. The van der Waals surface area contributed by atoms with Crippen molar-refractivity contribution in [2.45, 2.75) is 13.0 Å². The second-order valence-electron chi connectivity index (χ2n) is 4.43. The molecule has 7 heteroatoms. The van der Waals surface area contributed by atoms with Gasteiger partial charge in [-0.25, -0.2) is 4.79 Å². The number of hydrogen-bond donors (Lipinski definition) is 1. The van der Waals surface area contributed by atoms with Gasteiger partial charge in [-0.1, -0.05) is 24.3 Å². The molecule has 2 rings (SSSR count). The van der Waals surface area contributed by atoms with Crippen molar-refractivity contribution in [3.63, 3.8) is 0 Å². The summed E-state index contributed by atoms with van der Waals surface area (Å²) in [6.45, 7) is -0.0128. The van der Waals surface area contributed by atoms with Crippen LogP contribution in [0.15, 0.2) is 24.3 Å².